The second-order valence-corrected chi connectivity index (χ2v) is 5.95. The van der Waals surface area contributed by atoms with Crippen LogP contribution >= 0.6 is 0 Å². The number of aromatic hydroxyl groups is 1. The number of benzene rings is 1. The number of carbonyl (C=O) groups excluding carboxylic acids is 1. The van der Waals surface area contributed by atoms with E-state index in [1.54, 1.807) is 17.9 Å². The summed E-state index contributed by atoms with van der Waals surface area (Å²) in [7, 11) is 0. The molecule has 0 aliphatic carbocycles. The summed E-state index contributed by atoms with van der Waals surface area (Å²) in [5.41, 5.74) is 2.21. The summed E-state index contributed by atoms with van der Waals surface area (Å²) >= 11 is 0. The Morgan fingerprint density at radius 3 is 2.72 bits per heavy atom. The minimum atomic E-state index is -0.398. The predicted octanol–water partition coefficient (Wildman–Crippen LogP) is 2.42. The number of aryl methyl sites for hydroxylation is 1. The monoisotopic (exact) mass is 336 g/mol. The summed E-state index contributed by atoms with van der Waals surface area (Å²) in [4.78, 5) is 18.7. The zero-order valence-electron chi connectivity index (χ0n) is 13.6. The van der Waals surface area contributed by atoms with Crippen LogP contribution in [-0.2, 0) is 13.0 Å². The lowest BCUT2D eigenvalue weighted by atomic mass is 9.93. The van der Waals surface area contributed by atoms with Crippen LogP contribution in [-0.4, -0.2) is 31.1 Å². The maximum Gasteiger partial charge on any atom is 0.277 e. The van der Waals surface area contributed by atoms with Gasteiger partial charge < -0.3 is 14.4 Å². The maximum absolute atomic E-state index is 13.0. The molecule has 7 heteroatoms. The number of aromatic nitrogens is 3. The third kappa shape index (κ3) is 2.73. The van der Waals surface area contributed by atoms with Gasteiger partial charge in [-0.05, 0) is 23.3 Å². The normalized spacial score (nSPS) is 16.5. The van der Waals surface area contributed by atoms with Gasteiger partial charge in [0.2, 0.25) is 11.8 Å². The van der Waals surface area contributed by atoms with E-state index in [1.165, 1.54) is 12.3 Å². The van der Waals surface area contributed by atoms with E-state index in [-0.39, 0.29) is 17.4 Å². The van der Waals surface area contributed by atoms with Gasteiger partial charge in [-0.25, -0.2) is 4.98 Å². The van der Waals surface area contributed by atoms with Gasteiger partial charge in [-0.3, -0.25) is 4.79 Å². The molecule has 1 aliphatic rings. The zero-order valence-corrected chi connectivity index (χ0v) is 13.6. The van der Waals surface area contributed by atoms with E-state index in [4.69, 9.17) is 4.42 Å². The largest absolute Gasteiger partial charge is 0.505 e. The summed E-state index contributed by atoms with van der Waals surface area (Å²) in [5, 5.41) is 18.0. The first kappa shape index (κ1) is 15.3. The minimum Gasteiger partial charge on any atom is -0.505 e. The van der Waals surface area contributed by atoms with Gasteiger partial charge in [-0.1, -0.05) is 24.3 Å². The maximum atomic E-state index is 13.0. The molecule has 0 radical (unpaired) electrons. The number of fused-ring (bicyclic) bond motifs is 1. The molecule has 126 valence electrons. The highest BCUT2D eigenvalue weighted by Gasteiger charge is 2.36. The number of amides is 1. The Labute approximate surface area is 144 Å². The van der Waals surface area contributed by atoms with E-state index < -0.39 is 6.04 Å². The van der Waals surface area contributed by atoms with Crippen LogP contribution in [0.5, 0.6) is 5.75 Å². The first-order valence-corrected chi connectivity index (χ1v) is 7.95. The van der Waals surface area contributed by atoms with Crippen molar-refractivity contribution in [3.63, 3.8) is 0 Å². The average Bonchev–Trinajstić information content (AvgIpc) is 3.07. The molecule has 0 saturated carbocycles. The Hall–Kier alpha value is -3.22. The summed E-state index contributed by atoms with van der Waals surface area (Å²) in [6, 6.07) is 10.6. The molecule has 0 saturated heterocycles. The van der Waals surface area contributed by atoms with Gasteiger partial charge >= 0.3 is 0 Å². The predicted molar refractivity (Wildman–Crippen MR) is 87.7 cm³/mol. The van der Waals surface area contributed by atoms with Crippen molar-refractivity contribution in [2.45, 2.75) is 25.9 Å². The quantitative estimate of drug-likeness (QED) is 0.772. The molecule has 1 N–H and O–H groups in total. The highest BCUT2D eigenvalue weighted by molar-refractivity contribution is 5.95. The van der Waals surface area contributed by atoms with E-state index in [1.807, 2.05) is 24.3 Å². The molecule has 25 heavy (non-hydrogen) atoms. The molecule has 0 bridgehead atoms. The SMILES string of the molecule is Cc1nnc([C@H]2Cc3ccccc3CN2C(=O)c2ncccc2O)o1. The summed E-state index contributed by atoms with van der Waals surface area (Å²) in [6.07, 6.45) is 2.05. The standard InChI is InChI=1S/C18H16N4O3/c1-11-20-21-17(25-11)14-9-12-5-2-3-6-13(12)10-22(14)18(24)16-15(23)7-4-8-19-16/h2-8,14,23H,9-10H2,1H3/t14-/m1/s1. The van der Waals surface area contributed by atoms with Crippen LogP contribution in [0, 0.1) is 6.92 Å². The minimum absolute atomic E-state index is 0.0168. The zero-order chi connectivity index (χ0) is 17.4. The van der Waals surface area contributed by atoms with Crippen molar-refractivity contribution < 1.29 is 14.3 Å². The molecule has 1 aromatic carbocycles. The van der Waals surface area contributed by atoms with Gasteiger partial charge in [0, 0.05) is 26.1 Å². The van der Waals surface area contributed by atoms with Gasteiger partial charge in [-0.15, -0.1) is 10.2 Å². The van der Waals surface area contributed by atoms with Crippen molar-refractivity contribution in [1.29, 1.82) is 0 Å². The van der Waals surface area contributed by atoms with E-state index in [2.05, 4.69) is 15.2 Å². The number of nitrogens with zero attached hydrogens (tertiary/aromatic N) is 4. The molecule has 1 aliphatic heterocycles. The molecular weight excluding hydrogens is 320 g/mol. The fourth-order valence-corrected chi connectivity index (χ4v) is 3.10. The van der Waals surface area contributed by atoms with Crippen LogP contribution in [0.1, 0.15) is 39.4 Å². The summed E-state index contributed by atoms with van der Waals surface area (Å²) < 4.78 is 5.59. The average molecular weight is 336 g/mol. The molecule has 7 nitrogen and oxygen atoms in total. The van der Waals surface area contributed by atoms with Gasteiger partial charge in [0.25, 0.3) is 5.91 Å². The third-order valence-electron chi connectivity index (χ3n) is 4.33. The fraction of sp³-hybridized carbons (Fsp3) is 0.222. The lowest BCUT2D eigenvalue weighted by Crippen LogP contribution is -2.39. The molecule has 1 atom stereocenters. The molecule has 3 heterocycles. The number of carbonyl (C=O) groups is 1. The molecule has 2 aromatic heterocycles. The lowest BCUT2D eigenvalue weighted by molar-refractivity contribution is 0.0593. The Kier molecular flexibility index (Phi) is 3.68. The molecular formula is C18H16N4O3. The van der Waals surface area contributed by atoms with Crippen LogP contribution in [0.4, 0.5) is 0 Å². The second-order valence-electron chi connectivity index (χ2n) is 5.95. The van der Waals surface area contributed by atoms with Gasteiger partial charge in [0.1, 0.15) is 11.8 Å². The van der Waals surface area contributed by atoms with Gasteiger partial charge in [0.05, 0.1) is 0 Å². The highest BCUT2D eigenvalue weighted by atomic mass is 16.4. The van der Waals surface area contributed by atoms with Crippen molar-refractivity contribution in [3.05, 3.63) is 71.2 Å². The molecule has 0 unspecified atom stereocenters. The second kappa shape index (κ2) is 6.01. The first-order valence-electron chi connectivity index (χ1n) is 7.95. The van der Waals surface area contributed by atoms with Crippen LogP contribution in [0.15, 0.2) is 47.0 Å². The van der Waals surface area contributed by atoms with E-state index in [9.17, 15) is 9.90 Å². The Balaban J connectivity index is 1.77. The van der Waals surface area contributed by atoms with Crippen molar-refractivity contribution >= 4 is 5.91 Å². The van der Waals surface area contributed by atoms with Gasteiger partial charge in [0.15, 0.2) is 5.69 Å². The van der Waals surface area contributed by atoms with Crippen LogP contribution < -0.4 is 0 Å². The smallest absolute Gasteiger partial charge is 0.277 e. The Morgan fingerprint density at radius 1 is 1.20 bits per heavy atom. The lowest BCUT2D eigenvalue weighted by Gasteiger charge is -2.34. The van der Waals surface area contributed by atoms with Crippen molar-refractivity contribution in [3.8, 4) is 5.75 Å². The summed E-state index contributed by atoms with van der Waals surface area (Å²) in [6.45, 7) is 2.10. The number of rotatable bonds is 2. The number of pyridine rings is 1. The molecule has 3 aromatic rings. The number of hydrogen-bond acceptors (Lipinski definition) is 6. The van der Waals surface area contributed by atoms with E-state index >= 15 is 0 Å². The van der Waals surface area contributed by atoms with Gasteiger partial charge in [-0.2, -0.15) is 0 Å². The summed E-state index contributed by atoms with van der Waals surface area (Å²) in [5.74, 6) is 0.318. The number of hydrogen-bond donors (Lipinski definition) is 1. The Morgan fingerprint density at radius 2 is 2.00 bits per heavy atom. The molecule has 1 amide bonds. The third-order valence-corrected chi connectivity index (χ3v) is 4.33. The van der Waals surface area contributed by atoms with E-state index in [0.717, 1.165) is 11.1 Å². The van der Waals surface area contributed by atoms with Crippen molar-refractivity contribution in [2.24, 2.45) is 0 Å². The van der Waals surface area contributed by atoms with Crippen LogP contribution in [0.3, 0.4) is 0 Å². The van der Waals surface area contributed by atoms with Crippen LogP contribution in [0.25, 0.3) is 0 Å². The highest BCUT2D eigenvalue weighted by Crippen LogP contribution is 2.34. The molecule has 0 fully saturated rings. The van der Waals surface area contributed by atoms with Crippen molar-refractivity contribution in [1.82, 2.24) is 20.1 Å². The topological polar surface area (TPSA) is 92.4 Å². The Bertz CT molecular complexity index is 937. The molecule has 4 rings (SSSR count). The first-order chi connectivity index (χ1) is 12.1. The molecule has 0 spiro atoms. The fourth-order valence-electron chi connectivity index (χ4n) is 3.10. The van der Waals surface area contributed by atoms with E-state index in [0.29, 0.717) is 24.7 Å². The van der Waals surface area contributed by atoms with Crippen LogP contribution in [0.2, 0.25) is 0 Å². The van der Waals surface area contributed by atoms with Crippen molar-refractivity contribution in [2.75, 3.05) is 0 Å².